The van der Waals surface area contributed by atoms with E-state index in [1.807, 2.05) is 0 Å². The van der Waals surface area contributed by atoms with E-state index in [9.17, 15) is 9.59 Å². The number of benzene rings is 1. The minimum atomic E-state index is -0.655. The van der Waals surface area contributed by atoms with E-state index in [1.54, 1.807) is 36.4 Å². The monoisotopic (exact) mass is 255 g/mol. The van der Waals surface area contributed by atoms with Gasteiger partial charge in [0.15, 0.2) is 0 Å². The number of nitrogens with zero attached hydrogens (tertiary/aromatic N) is 1. The molecule has 5 heteroatoms. The number of H-pyrrole nitrogens is 1. The Morgan fingerprint density at radius 2 is 1.95 bits per heavy atom. The van der Waals surface area contributed by atoms with Crippen LogP contribution in [0.4, 0.5) is 5.82 Å². The smallest absolute Gasteiger partial charge is 0.297 e. The predicted molar refractivity (Wildman–Crippen MR) is 70.0 cm³/mol. The van der Waals surface area contributed by atoms with Crippen LogP contribution in [0.1, 0.15) is 34.8 Å². The van der Waals surface area contributed by atoms with Crippen molar-refractivity contribution in [1.82, 2.24) is 10.2 Å². The predicted octanol–water partition coefficient (Wildman–Crippen LogP) is 2.11. The maximum absolute atomic E-state index is 11.9. The zero-order valence-electron chi connectivity index (χ0n) is 10.2. The second-order valence-electron chi connectivity index (χ2n) is 4.63. The van der Waals surface area contributed by atoms with Crippen LogP contribution >= 0.6 is 0 Å². The lowest BCUT2D eigenvalue weighted by atomic mass is 10.1. The zero-order chi connectivity index (χ0) is 13.2. The van der Waals surface area contributed by atoms with E-state index in [4.69, 9.17) is 0 Å². The number of carbonyl (C=O) groups is 2. The van der Waals surface area contributed by atoms with Crippen molar-refractivity contribution in [3.05, 3.63) is 47.7 Å². The van der Waals surface area contributed by atoms with Crippen LogP contribution in [0, 0.1) is 0 Å². The largest absolute Gasteiger partial charge is 0.304 e. The number of rotatable bonds is 4. The normalized spacial score (nSPS) is 14.1. The van der Waals surface area contributed by atoms with Gasteiger partial charge in [0.1, 0.15) is 5.82 Å². The molecule has 1 saturated carbocycles. The Kier molecular flexibility index (Phi) is 2.87. The Bertz CT molecular complexity index is 615. The van der Waals surface area contributed by atoms with Gasteiger partial charge in [-0.05, 0) is 12.8 Å². The summed E-state index contributed by atoms with van der Waals surface area (Å²) in [6.45, 7) is 0. The summed E-state index contributed by atoms with van der Waals surface area (Å²) in [6, 6.07) is 10.3. The SMILES string of the molecule is O=C(Nc1cc(C2CC2)n[nH]1)C(=O)c1ccccc1. The fourth-order valence-corrected chi connectivity index (χ4v) is 1.89. The number of carbonyl (C=O) groups excluding carboxylic acids is 2. The highest BCUT2D eigenvalue weighted by molar-refractivity contribution is 6.46. The Morgan fingerprint density at radius 3 is 2.63 bits per heavy atom. The number of amides is 1. The van der Waals surface area contributed by atoms with Gasteiger partial charge < -0.3 is 5.32 Å². The molecule has 2 N–H and O–H groups in total. The second-order valence-corrected chi connectivity index (χ2v) is 4.63. The number of aromatic nitrogens is 2. The van der Waals surface area contributed by atoms with E-state index in [0.29, 0.717) is 17.3 Å². The molecule has 5 nitrogen and oxygen atoms in total. The highest BCUT2D eigenvalue weighted by Crippen LogP contribution is 2.39. The Balaban J connectivity index is 1.68. The number of hydrogen-bond acceptors (Lipinski definition) is 3. The molecule has 0 saturated heterocycles. The fourth-order valence-electron chi connectivity index (χ4n) is 1.89. The summed E-state index contributed by atoms with van der Waals surface area (Å²) in [5, 5.41) is 9.38. The maximum atomic E-state index is 11.9. The number of ketones is 1. The van der Waals surface area contributed by atoms with Gasteiger partial charge in [0.05, 0.1) is 5.69 Å². The molecular formula is C14H13N3O2. The Labute approximate surface area is 110 Å². The van der Waals surface area contributed by atoms with Crippen molar-refractivity contribution in [1.29, 1.82) is 0 Å². The first-order chi connectivity index (χ1) is 9.24. The summed E-state index contributed by atoms with van der Waals surface area (Å²) in [6.07, 6.45) is 2.28. The molecule has 1 amide bonds. The molecular weight excluding hydrogens is 242 g/mol. The zero-order valence-corrected chi connectivity index (χ0v) is 10.2. The maximum Gasteiger partial charge on any atom is 0.297 e. The molecule has 19 heavy (non-hydrogen) atoms. The van der Waals surface area contributed by atoms with Crippen LogP contribution in [0.5, 0.6) is 0 Å². The summed E-state index contributed by atoms with van der Waals surface area (Å²) in [4.78, 5) is 23.7. The summed E-state index contributed by atoms with van der Waals surface area (Å²) >= 11 is 0. The Morgan fingerprint density at radius 1 is 1.21 bits per heavy atom. The Hall–Kier alpha value is -2.43. The van der Waals surface area contributed by atoms with E-state index in [1.165, 1.54) is 0 Å². The first-order valence-corrected chi connectivity index (χ1v) is 6.20. The van der Waals surface area contributed by atoms with E-state index >= 15 is 0 Å². The van der Waals surface area contributed by atoms with Gasteiger partial charge in [-0.3, -0.25) is 14.7 Å². The van der Waals surface area contributed by atoms with Crippen molar-refractivity contribution in [2.45, 2.75) is 18.8 Å². The molecule has 1 aromatic carbocycles. The van der Waals surface area contributed by atoms with Crippen molar-refractivity contribution < 1.29 is 9.59 Å². The number of hydrogen-bond donors (Lipinski definition) is 2. The van der Waals surface area contributed by atoms with Gasteiger partial charge in [-0.15, -0.1) is 0 Å². The highest BCUT2D eigenvalue weighted by atomic mass is 16.2. The van der Waals surface area contributed by atoms with Crippen LogP contribution in [0.15, 0.2) is 36.4 Å². The van der Waals surface area contributed by atoms with Crippen LogP contribution in [0.2, 0.25) is 0 Å². The van der Waals surface area contributed by atoms with Crippen molar-refractivity contribution in [2.75, 3.05) is 5.32 Å². The topological polar surface area (TPSA) is 74.8 Å². The number of anilines is 1. The molecule has 2 aromatic rings. The van der Waals surface area contributed by atoms with Gasteiger partial charge in [-0.25, -0.2) is 0 Å². The molecule has 1 fully saturated rings. The lowest BCUT2D eigenvalue weighted by Crippen LogP contribution is -2.22. The quantitative estimate of drug-likeness (QED) is 0.649. The number of nitrogens with one attached hydrogen (secondary N) is 2. The summed E-state index contributed by atoms with van der Waals surface area (Å²) in [5.41, 5.74) is 1.32. The van der Waals surface area contributed by atoms with Crippen molar-refractivity contribution in [3.63, 3.8) is 0 Å². The third kappa shape index (κ3) is 2.54. The van der Waals surface area contributed by atoms with Gasteiger partial charge in [-0.2, -0.15) is 5.10 Å². The summed E-state index contributed by atoms with van der Waals surface area (Å²) < 4.78 is 0. The third-order valence-corrected chi connectivity index (χ3v) is 3.08. The van der Waals surface area contributed by atoms with Crippen LogP contribution in [-0.4, -0.2) is 21.9 Å². The van der Waals surface area contributed by atoms with Crippen molar-refractivity contribution in [3.8, 4) is 0 Å². The lowest BCUT2D eigenvalue weighted by molar-refractivity contribution is -0.112. The standard InChI is InChI=1S/C14H13N3O2/c18-13(10-4-2-1-3-5-10)14(19)15-12-8-11(16-17-12)9-6-7-9/h1-5,8-9H,6-7H2,(H2,15,16,17,19). The number of Topliss-reactive ketones (excluding diaryl/α,β-unsaturated/α-hetero) is 1. The van der Waals surface area contributed by atoms with Gasteiger partial charge in [-0.1, -0.05) is 30.3 Å². The first kappa shape index (κ1) is 11.6. The van der Waals surface area contributed by atoms with E-state index < -0.39 is 11.7 Å². The van der Waals surface area contributed by atoms with Gasteiger partial charge in [0.2, 0.25) is 0 Å². The molecule has 0 atom stereocenters. The van der Waals surface area contributed by atoms with E-state index in [0.717, 1.165) is 18.5 Å². The molecule has 1 aliphatic rings. The van der Waals surface area contributed by atoms with Crippen LogP contribution in [0.3, 0.4) is 0 Å². The summed E-state index contributed by atoms with van der Waals surface area (Å²) in [5.74, 6) is -0.233. The van der Waals surface area contributed by atoms with Crippen molar-refractivity contribution >= 4 is 17.5 Å². The van der Waals surface area contributed by atoms with Gasteiger partial charge >= 0.3 is 0 Å². The lowest BCUT2D eigenvalue weighted by Gasteiger charge is -2.01. The minimum Gasteiger partial charge on any atom is -0.304 e. The van der Waals surface area contributed by atoms with E-state index in [2.05, 4.69) is 15.5 Å². The number of aromatic amines is 1. The fraction of sp³-hybridized carbons (Fsp3) is 0.214. The van der Waals surface area contributed by atoms with Crippen LogP contribution < -0.4 is 5.32 Å². The van der Waals surface area contributed by atoms with Crippen LogP contribution in [-0.2, 0) is 4.79 Å². The van der Waals surface area contributed by atoms with E-state index in [-0.39, 0.29) is 0 Å². The average molecular weight is 255 g/mol. The minimum absolute atomic E-state index is 0.377. The molecule has 0 radical (unpaired) electrons. The molecule has 3 rings (SSSR count). The molecule has 0 spiro atoms. The van der Waals surface area contributed by atoms with Crippen molar-refractivity contribution in [2.24, 2.45) is 0 Å². The second kappa shape index (κ2) is 4.68. The highest BCUT2D eigenvalue weighted by Gasteiger charge is 2.26. The average Bonchev–Trinajstić information content (AvgIpc) is 3.20. The van der Waals surface area contributed by atoms with Crippen LogP contribution in [0.25, 0.3) is 0 Å². The molecule has 96 valence electrons. The molecule has 0 bridgehead atoms. The van der Waals surface area contributed by atoms with Gasteiger partial charge in [0, 0.05) is 17.5 Å². The molecule has 1 aromatic heterocycles. The molecule has 1 heterocycles. The first-order valence-electron chi connectivity index (χ1n) is 6.20. The molecule has 0 unspecified atom stereocenters. The molecule has 0 aliphatic heterocycles. The summed E-state index contributed by atoms with van der Waals surface area (Å²) in [7, 11) is 0. The molecule has 1 aliphatic carbocycles. The third-order valence-electron chi connectivity index (χ3n) is 3.08. The van der Waals surface area contributed by atoms with Gasteiger partial charge in [0.25, 0.3) is 11.7 Å².